The molecule has 22 heavy (non-hydrogen) atoms. The van der Waals surface area contributed by atoms with Gasteiger partial charge in [0.1, 0.15) is 5.82 Å². The van der Waals surface area contributed by atoms with Crippen molar-refractivity contribution < 1.29 is 9.18 Å². The van der Waals surface area contributed by atoms with Gasteiger partial charge in [-0.15, -0.1) is 0 Å². The van der Waals surface area contributed by atoms with Crippen LogP contribution in [-0.4, -0.2) is 11.9 Å². The zero-order valence-corrected chi connectivity index (χ0v) is 13.2. The van der Waals surface area contributed by atoms with E-state index in [9.17, 15) is 9.18 Å². The summed E-state index contributed by atoms with van der Waals surface area (Å²) in [5.74, 6) is -0.117. The smallest absolute Gasteiger partial charge is 0.230 e. The summed E-state index contributed by atoms with van der Waals surface area (Å²) < 4.78 is 13.6. The highest BCUT2D eigenvalue weighted by Crippen LogP contribution is 2.41. The van der Waals surface area contributed by atoms with Crippen LogP contribution in [0, 0.1) is 5.82 Å². The third-order valence-corrected chi connectivity index (χ3v) is 5.46. The van der Waals surface area contributed by atoms with Crippen molar-refractivity contribution in [3.8, 4) is 0 Å². The van der Waals surface area contributed by atoms with Crippen LogP contribution in [0.25, 0.3) is 0 Å². The molecule has 1 N–H and O–H groups in total. The van der Waals surface area contributed by atoms with E-state index in [4.69, 9.17) is 0 Å². The van der Waals surface area contributed by atoms with Crippen LogP contribution in [0.5, 0.6) is 0 Å². The minimum atomic E-state index is -0.506. The van der Waals surface area contributed by atoms with Crippen molar-refractivity contribution in [3.63, 3.8) is 0 Å². The van der Waals surface area contributed by atoms with E-state index in [2.05, 4.69) is 5.32 Å². The van der Waals surface area contributed by atoms with Crippen LogP contribution >= 0.6 is 0 Å². The van der Waals surface area contributed by atoms with E-state index >= 15 is 0 Å². The van der Waals surface area contributed by atoms with Gasteiger partial charge in [-0.25, -0.2) is 4.39 Å². The van der Waals surface area contributed by atoms with Gasteiger partial charge in [0.05, 0.1) is 5.41 Å². The quantitative estimate of drug-likeness (QED) is 0.820. The molecule has 2 aliphatic rings. The number of amides is 1. The lowest BCUT2D eigenvalue weighted by atomic mass is 9.77. The van der Waals surface area contributed by atoms with E-state index in [-0.39, 0.29) is 11.7 Å². The molecule has 1 aromatic carbocycles. The number of benzene rings is 1. The molecule has 1 amide bonds. The second-order valence-corrected chi connectivity index (χ2v) is 6.96. The normalized spacial score (nSPS) is 22.2. The second kappa shape index (κ2) is 6.80. The van der Waals surface area contributed by atoms with Gasteiger partial charge in [-0.2, -0.15) is 0 Å². The Kier molecular flexibility index (Phi) is 4.80. The summed E-state index contributed by atoms with van der Waals surface area (Å²) in [5, 5.41) is 3.30. The van der Waals surface area contributed by atoms with Crippen molar-refractivity contribution in [1.82, 2.24) is 5.32 Å². The molecule has 2 saturated carbocycles. The van der Waals surface area contributed by atoms with Crippen molar-refractivity contribution in [3.05, 3.63) is 35.6 Å². The largest absolute Gasteiger partial charge is 0.353 e. The number of nitrogens with one attached hydrogen (secondary N) is 1. The van der Waals surface area contributed by atoms with Gasteiger partial charge < -0.3 is 5.32 Å². The van der Waals surface area contributed by atoms with Crippen molar-refractivity contribution in [2.75, 3.05) is 0 Å². The van der Waals surface area contributed by atoms with Crippen LogP contribution in [0.15, 0.2) is 24.3 Å². The summed E-state index contributed by atoms with van der Waals surface area (Å²) in [6.45, 7) is 0. The molecule has 0 heterocycles. The third kappa shape index (κ3) is 3.18. The molecule has 1 aromatic rings. The fourth-order valence-corrected chi connectivity index (χ4v) is 4.16. The average Bonchev–Trinajstić information content (AvgIpc) is 2.88. The summed E-state index contributed by atoms with van der Waals surface area (Å²) in [7, 11) is 0. The lowest BCUT2D eigenvalue weighted by Gasteiger charge is -2.31. The van der Waals surface area contributed by atoms with E-state index in [1.54, 1.807) is 12.1 Å². The van der Waals surface area contributed by atoms with Crippen LogP contribution in [0.3, 0.4) is 0 Å². The third-order valence-electron chi connectivity index (χ3n) is 5.46. The summed E-state index contributed by atoms with van der Waals surface area (Å²) in [4.78, 5) is 13.0. The Hall–Kier alpha value is -1.38. The molecule has 0 radical (unpaired) electrons. The molecule has 3 heteroatoms. The zero-order chi connectivity index (χ0) is 15.4. The first-order valence-corrected chi connectivity index (χ1v) is 8.78. The lowest BCUT2D eigenvalue weighted by Crippen LogP contribution is -2.46. The minimum Gasteiger partial charge on any atom is -0.353 e. The van der Waals surface area contributed by atoms with Crippen LogP contribution < -0.4 is 5.32 Å². The molecule has 0 saturated heterocycles. The van der Waals surface area contributed by atoms with E-state index in [0.717, 1.165) is 44.1 Å². The van der Waals surface area contributed by atoms with Gasteiger partial charge in [-0.1, -0.05) is 50.7 Å². The fraction of sp³-hybridized carbons (Fsp3) is 0.632. The Morgan fingerprint density at radius 1 is 1.05 bits per heavy atom. The zero-order valence-electron chi connectivity index (χ0n) is 13.2. The van der Waals surface area contributed by atoms with Crippen molar-refractivity contribution in [1.29, 1.82) is 0 Å². The fourth-order valence-electron chi connectivity index (χ4n) is 4.16. The maximum absolute atomic E-state index is 13.6. The van der Waals surface area contributed by atoms with E-state index in [1.165, 1.54) is 31.7 Å². The molecule has 2 aliphatic carbocycles. The van der Waals surface area contributed by atoms with Gasteiger partial charge in [-0.3, -0.25) is 4.79 Å². The Labute approximate surface area is 132 Å². The van der Waals surface area contributed by atoms with Crippen molar-refractivity contribution in [2.24, 2.45) is 0 Å². The molecular weight excluding hydrogens is 277 g/mol. The van der Waals surface area contributed by atoms with E-state index < -0.39 is 5.41 Å². The number of hydrogen-bond donors (Lipinski definition) is 1. The molecule has 0 aliphatic heterocycles. The summed E-state index contributed by atoms with van der Waals surface area (Å²) in [5.41, 5.74) is 0.352. The molecule has 0 aromatic heterocycles. The molecule has 2 nitrogen and oxygen atoms in total. The van der Waals surface area contributed by atoms with Crippen LogP contribution in [0.2, 0.25) is 0 Å². The van der Waals surface area contributed by atoms with Gasteiger partial charge in [0, 0.05) is 6.04 Å². The molecular formula is C19H26FNO. The van der Waals surface area contributed by atoms with E-state index in [1.807, 2.05) is 6.07 Å². The monoisotopic (exact) mass is 303 g/mol. The highest BCUT2D eigenvalue weighted by Gasteiger charge is 2.43. The summed E-state index contributed by atoms with van der Waals surface area (Å²) in [6.07, 6.45) is 10.9. The van der Waals surface area contributed by atoms with Gasteiger partial charge in [0.2, 0.25) is 5.91 Å². The van der Waals surface area contributed by atoms with Crippen molar-refractivity contribution in [2.45, 2.75) is 75.7 Å². The second-order valence-electron chi connectivity index (χ2n) is 6.96. The Bertz CT molecular complexity index is 514. The maximum atomic E-state index is 13.6. The molecule has 2 fully saturated rings. The SMILES string of the molecule is O=C(NC1CCCCCC1)C1(c2cccc(F)c2)CCCC1. The number of hydrogen-bond acceptors (Lipinski definition) is 1. The average molecular weight is 303 g/mol. The molecule has 0 bridgehead atoms. The van der Waals surface area contributed by atoms with Crippen LogP contribution in [0.4, 0.5) is 4.39 Å². The standard InChI is InChI=1S/C19H26FNO/c20-16-9-7-8-15(14-16)19(12-5-6-13-19)18(22)21-17-10-3-1-2-4-11-17/h7-9,14,17H,1-6,10-13H2,(H,21,22). The van der Waals surface area contributed by atoms with Crippen LogP contribution in [0.1, 0.15) is 69.8 Å². The Balaban J connectivity index is 1.79. The number of rotatable bonds is 3. The predicted molar refractivity (Wildman–Crippen MR) is 86.2 cm³/mol. The van der Waals surface area contributed by atoms with Crippen LogP contribution in [-0.2, 0) is 10.2 Å². The first-order chi connectivity index (χ1) is 10.7. The Morgan fingerprint density at radius 2 is 1.73 bits per heavy atom. The first kappa shape index (κ1) is 15.5. The Morgan fingerprint density at radius 3 is 2.36 bits per heavy atom. The van der Waals surface area contributed by atoms with Gasteiger partial charge in [0.15, 0.2) is 0 Å². The minimum absolute atomic E-state index is 0.127. The summed E-state index contributed by atoms with van der Waals surface area (Å²) >= 11 is 0. The van der Waals surface area contributed by atoms with Gasteiger partial charge in [0.25, 0.3) is 0 Å². The number of carbonyl (C=O) groups is 1. The maximum Gasteiger partial charge on any atom is 0.230 e. The highest BCUT2D eigenvalue weighted by atomic mass is 19.1. The van der Waals surface area contributed by atoms with Gasteiger partial charge >= 0.3 is 0 Å². The highest BCUT2D eigenvalue weighted by molar-refractivity contribution is 5.88. The van der Waals surface area contributed by atoms with Crippen molar-refractivity contribution >= 4 is 5.91 Å². The predicted octanol–water partition coefficient (Wildman–Crippen LogP) is 4.48. The molecule has 3 rings (SSSR count). The molecule has 120 valence electrons. The lowest BCUT2D eigenvalue weighted by molar-refractivity contribution is -0.127. The van der Waals surface area contributed by atoms with Gasteiger partial charge in [-0.05, 0) is 43.4 Å². The molecule has 0 atom stereocenters. The number of halogens is 1. The molecule has 0 unspecified atom stereocenters. The molecule has 0 spiro atoms. The first-order valence-electron chi connectivity index (χ1n) is 8.78. The summed E-state index contributed by atoms with van der Waals surface area (Å²) in [6, 6.07) is 6.96. The topological polar surface area (TPSA) is 29.1 Å². The number of carbonyl (C=O) groups excluding carboxylic acids is 1. The van der Waals surface area contributed by atoms with E-state index in [0.29, 0.717) is 6.04 Å².